The molecule has 10 fully saturated rings. The van der Waals surface area contributed by atoms with Gasteiger partial charge in [0, 0.05) is 168 Å². The standard InChI is InChI=1S/C27H30FN7O.C14H18FN3O2.C14H20FN3.C14H14N4O2S.C8H16N2.C6H3F2NO2/c28-23-14-20(8-9-24(23)34-12-11-33-10-4-3-7-22(33)17-34)31-27-30-16-19-13-18(15-29)26(36)35(25(19)32-27)21-5-1-2-6-21;15-13-9-11(18(19)20)4-5-14(13)17-8-7-16-6-2-1-3-12(16)10-17;15-13-9-11(16)4-5-14(13)18-8-7-17-6-2-1-3-12(17)10-18;1-21(20)14-16-8-10-6-9(7-15)13(19)18(12(10)17-14)11-4-2-3-5-11;1-2-5-10-6-4-9-7-8(10)3-1;7-5-2-1-4(9(10)11)3-6(5)8/h8-9,13-14,16,21-22H,1-7,10-12,17H2,(H,30,31,32);4-5,9,12H,1-3,6-8,10H2;4-5,9,12H,1-3,6-8,10,16H2;6,8,11H,2-5H2,1H3;8-9H,1-7H2;1-3H. The lowest BCUT2D eigenvalue weighted by molar-refractivity contribution is -0.385. The number of benzene rings is 4. The number of aromatic nitrogens is 6. The number of piperazine rings is 4. The molecule has 5 unspecified atom stereocenters. The van der Waals surface area contributed by atoms with Crippen LogP contribution >= 0.6 is 0 Å². The van der Waals surface area contributed by atoms with Crippen molar-refractivity contribution in [2.75, 3.05) is 137 Å². The van der Waals surface area contributed by atoms with Crippen LogP contribution in [0.1, 0.15) is 152 Å². The minimum atomic E-state index is -1.31. The number of nitro groups is 2. The lowest BCUT2D eigenvalue weighted by Crippen LogP contribution is -2.55. The minimum Gasteiger partial charge on any atom is -0.399 e. The van der Waals surface area contributed by atoms with Crippen molar-refractivity contribution >= 4 is 78.6 Å². The average Bonchev–Trinajstić information content (AvgIpc) is 1.24. The summed E-state index contributed by atoms with van der Waals surface area (Å²) in [6, 6.07) is 25.8. The molecule has 116 heavy (non-hydrogen) atoms. The molecule has 8 aromatic rings. The number of piperidine rings is 4. The fourth-order valence-corrected chi connectivity index (χ4v) is 18.4. The molecular formula is C83H101F5N20O7S. The van der Waals surface area contributed by atoms with E-state index in [-0.39, 0.29) is 56.8 Å². The first-order valence-electron chi connectivity index (χ1n) is 40.7. The Bertz CT molecular complexity index is 5030. The van der Waals surface area contributed by atoms with Gasteiger partial charge in [-0.1, -0.05) is 51.4 Å². The fraction of sp³-hybridized carbons (Fsp3) is 0.518. The summed E-state index contributed by atoms with van der Waals surface area (Å²) in [5, 5.41) is 47.2. The van der Waals surface area contributed by atoms with Gasteiger partial charge in [0.1, 0.15) is 46.2 Å². The first-order valence-corrected chi connectivity index (χ1v) is 42.3. The van der Waals surface area contributed by atoms with E-state index in [4.69, 9.17) is 11.0 Å². The molecular weight excluding hydrogens is 1520 g/mol. The van der Waals surface area contributed by atoms with E-state index in [1.165, 1.54) is 146 Å². The van der Waals surface area contributed by atoms with E-state index in [2.05, 4.69) is 60.0 Å². The molecule has 8 saturated heterocycles. The van der Waals surface area contributed by atoms with Crippen LogP contribution in [0, 0.1) is 72.0 Å². The molecule has 27 nitrogen and oxygen atoms in total. The third kappa shape index (κ3) is 20.4. The number of halogens is 5. The Morgan fingerprint density at radius 3 is 1.34 bits per heavy atom. The number of anilines is 6. The second-order valence-electron chi connectivity index (χ2n) is 31.5. The molecule has 0 spiro atoms. The number of pyridine rings is 2. The lowest BCUT2D eigenvalue weighted by Gasteiger charge is -2.45. The maximum absolute atomic E-state index is 15.2. The van der Waals surface area contributed by atoms with Gasteiger partial charge in [0.25, 0.3) is 22.5 Å². The number of nitrogen functional groups attached to an aromatic ring is 1. The van der Waals surface area contributed by atoms with E-state index < -0.39 is 43.8 Å². The molecule has 616 valence electrons. The topological polar surface area (TPSA) is 319 Å². The molecule has 4 aromatic heterocycles. The van der Waals surface area contributed by atoms with Gasteiger partial charge in [-0.2, -0.15) is 15.5 Å². The van der Waals surface area contributed by atoms with Crippen LogP contribution in [-0.2, 0) is 10.8 Å². The first kappa shape index (κ1) is 83.8. The Morgan fingerprint density at radius 2 is 0.897 bits per heavy atom. The molecule has 4 N–H and O–H groups in total. The summed E-state index contributed by atoms with van der Waals surface area (Å²) < 4.78 is 82.4. The van der Waals surface area contributed by atoms with Crippen LogP contribution < -0.4 is 42.2 Å². The summed E-state index contributed by atoms with van der Waals surface area (Å²) in [7, 11) is -1.31. The summed E-state index contributed by atoms with van der Waals surface area (Å²) in [6.45, 7) is 16.7. The van der Waals surface area contributed by atoms with Gasteiger partial charge in [0.2, 0.25) is 11.1 Å². The number of nitrogens with one attached hydrogen (secondary N) is 2. The predicted molar refractivity (Wildman–Crippen MR) is 437 cm³/mol. The number of hydrogen-bond acceptors (Lipinski definition) is 23. The molecule has 2 saturated carbocycles. The number of rotatable bonds is 10. The molecule has 12 heterocycles. The van der Waals surface area contributed by atoms with E-state index in [1.54, 1.807) is 27.5 Å². The number of nitriles is 2. The smallest absolute Gasteiger partial charge is 0.272 e. The summed E-state index contributed by atoms with van der Waals surface area (Å²) in [6.07, 6.45) is 27.9. The second-order valence-corrected chi connectivity index (χ2v) is 32.7. The predicted octanol–water partition coefficient (Wildman–Crippen LogP) is 12.7. The number of hydrogen-bond donors (Lipinski definition) is 3. The molecule has 18 rings (SSSR count). The van der Waals surface area contributed by atoms with Crippen LogP contribution in [0.25, 0.3) is 22.1 Å². The van der Waals surface area contributed by atoms with Gasteiger partial charge in [0.05, 0.1) is 49.8 Å². The molecule has 33 heteroatoms. The highest BCUT2D eigenvalue weighted by Crippen LogP contribution is 2.36. The number of fused-ring (bicyclic) bond motifs is 6. The van der Waals surface area contributed by atoms with Crippen LogP contribution in [0.3, 0.4) is 0 Å². The highest BCUT2D eigenvalue weighted by Gasteiger charge is 2.35. The molecule has 4 aromatic carbocycles. The number of nitro benzene ring substituents is 2. The van der Waals surface area contributed by atoms with Crippen LogP contribution in [0.15, 0.2) is 112 Å². The highest BCUT2D eigenvalue weighted by molar-refractivity contribution is 7.84. The van der Waals surface area contributed by atoms with Crippen molar-refractivity contribution in [1.82, 2.24) is 54.0 Å². The van der Waals surface area contributed by atoms with Crippen molar-refractivity contribution in [3.05, 3.63) is 178 Å². The summed E-state index contributed by atoms with van der Waals surface area (Å²) in [5.74, 6) is -2.97. The van der Waals surface area contributed by atoms with Crippen molar-refractivity contribution in [3.63, 3.8) is 0 Å². The van der Waals surface area contributed by atoms with Gasteiger partial charge in [-0.3, -0.25) is 62.8 Å². The molecule has 5 atom stereocenters. The van der Waals surface area contributed by atoms with Gasteiger partial charge in [-0.25, -0.2) is 36.9 Å². The van der Waals surface area contributed by atoms with Crippen molar-refractivity contribution in [1.29, 1.82) is 10.5 Å². The van der Waals surface area contributed by atoms with Gasteiger partial charge in [0.15, 0.2) is 17.5 Å². The first-order chi connectivity index (χ1) is 56.2. The van der Waals surface area contributed by atoms with Crippen molar-refractivity contribution in [2.45, 2.75) is 170 Å². The van der Waals surface area contributed by atoms with Crippen LogP contribution in [0.2, 0.25) is 0 Å². The molecule has 10 aliphatic rings. The van der Waals surface area contributed by atoms with E-state index in [0.29, 0.717) is 86.7 Å². The zero-order chi connectivity index (χ0) is 81.5. The van der Waals surface area contributed by atoms with E-state index in [9.17, 15) is 56.9 Å². The molecule has 0 amide bonds. The zero-order valence-electron chi connectivity index (χ0n) is 65.5. The highest BCUT2D eigenvalue weighted by atomic mass is 32.2. The van der Waals surface area contributed by atoms with Crippen molar-refractivity contribution in [2.24, 2.45) is 0 Å². The normalized spacial score (nSPS) is 21.4. The van der Waals surface area contributed by atoms with Crippen LogP contribution in [0.5, 0.6) is 0 Å². The Balaban J connectivity index is 0.000000128. The van der Waals surface area contributed by atoms with E-state index in [0.717, 1.165) is 148 Å². The third-order valence-corrected chi connectivity index (χ3v) is 24.8. The molecule has 2 aliphatic carbocycles. The zero-order valence-corrected chi connectivity index (χ0v) is 66.3. The molecule has 8 aliphatic heterocycles. The lowest BCUT2D eigenvalue weighted by atomic mass is 9.99. The summed E-state index contributed by atoms with van der Waals surface area (Å²) in [5.41, 5.74) is 8.37. The monoisotopic (exact) mass is 1620 g/mol. The number of non-ortho nitro benzene ring substituents is 2. The number of nitrogens with two attached hydrogens (primary N) is 1. The van der Waals surface area contributed by atoms with Crippen LogP contribution in [-0.4, -0.2) is 198 Å². The van der Waals surface area contributed by atoms with Gasteiger partial charge in [-0.05, 0) is 164 Å². The molecule has 0 bridgehead atoms. The number of nitrogens with zero attached hydrogens (tertiary/aromatic N) is 17. The van der Waals surface area contributed by atoms with Gasteiger partial charge >= 0.3 is 0 Å². The maximum atomic E-state index is 15.2. The molecule has 0 radical (unpaired) electrons. The Morgan fingerprint density at radius 1 is 0.483 bits per heavy atom. The Kier molecular flexibility index (Phi) is 28.3. The largest absolute Gasteiger partial charge is 0.399 e. The second kappa shape index (κ2) is 39.2. The third-order valence-electron chi connectivity index (χ3n) is 24.1. The minimum absolute atomic E-state index is 0.0254. The summed E-state index contributed by atoms with van der Waals surface area (Å²) in [4.78, 5) is 78.7. The summed E-state index contributed by atoms with van der Waals surface area (Å²) >= 11 is 0. The van der Waals surface area contributed by atoms with Crippen molar-refractivity contribution < 1.29 is 36.0 Å². The maximum Gasteiger partial charge on any atom is 0.272 e. The van der Waals surface area contributed by atoms with E-state index >= 15 is 4.39 Å². The quantitative estimate of drug-likeness (QED) is 0.0376. The van der Waals surface area contributed by atoms with Gasteiger partial charge in [-0.15, -0.1) is 0 Å². The van der Waals surface area contributed by atoms with Gasteiger partial charge < -0.3 is 31.1 Å². The van der Waals surface area contributed by atoms with Crippen LogP contribution in [0.4, 0.5) is 67.7 Å². The fourth-order valence-electron chi connectivity index (χ4n) is 18.0. The van der Waals surface area contributed by atoms with E-state index in [1.807, 2.05) is 35.2 Å². The average molecular weight is 1620 g/mol. The van der Waals surface area contributed by atoms with Crippen molar-refractivity contribution in [3.8, 4) is 12.1 Å². The Hall–Kier alpha value is -10.2. The SMILES string of the molecule is C1CCN2CCNCC2C1.CS(=O)c1ncc2cc(C#N)c(=O)n(C3CCCC3)c2n1.N#Cc1cc2cnc(Nc3ccc(N4CCN5CCCCC5C4)c(F)c3)nc2n(C2CCCC2)c1=O.Nc1ccc(N2CCN3CCCCC3C2)c(F)c1.O=[N+]([O-])c1ccc(F)c(F)c1.O=[N+]([O-])c1ccc(N2CCN3CCCCC3C2)c(F)c1. The Labute approximate surface area is 673 Å².